The van der Waals surface area contributed by atoms with Gasteiger partial charge in [-0.3, -0.25) is 9.80 Å². The summed E-state index contributed by atoms with van der Waals surface area (Å²) in [6, 6.07) is 0.453. The first-order valence-electron chi connectivity index (χ1n) is 9.27. The van der Waals surface area contributed by atoms with E-state index in [1.807, 2.05) is 0 Å². The summed E-state index contributed by atoms with van der Waals surface area (Å²) < 4.78 is 0. The number of piperazine rings is 1. The average Bonchev–Trinajstić information content (AvgIpc) is 2.51. The Bertz CT molecular complexity index is 412. The average molecular weight is 338 g/mol. The zero-order chi connectivity index (χ0) is 17.5. The lowest BCUT2D eigenvalue weighted by Crippen LogP contribution is -2.53. The van der Waals surface area contributed by atoms with Gasteiger partial charge in [0.15, 0.2) is 0 Å². The lowest BCUT2D eigenvalue weighted by molar-refractivity contribution is 0.144. The van der Waals surface area contributed by atoms with Crippen molar-refractivity contribution in [1.82, 2.24) is 25.3 Å². The van der Waals surface area contributed by atoms with Crippen LogP contribution < -0.4 is 10.6 Å². The topological polar surface area (TPSA) is 50.9 Å². The van der Waals surface area contributed by atoms with Crippen LogP contribution in [0.1, 0.15) is 26.7 Å². The highest BCUT2D eigenvalue weighted by molar-refractivity contribution is 5.74. The number of hydrogen-bond donors (Lipinski definition) is 2. The summed E-state index contributed by atoms with van der Waals surface area (Å²) >= 11 is 0. The number of hydrogen-bond acceptors (Lipinski definition) is 4. The van der Waals surface area contributed by atoms with Crippen LogP contribution in [0.3, 0.4) is 0 Å². The van der Waals surface area contributed by atoms with Crippen molar-refractivity contribution >= 4 is 6.03 Å². The minimum atomic E-state index is -0.0185. The standard InChI is InChI=1S/C18H35N5O/c1-15(2)13-22-7-5-17(6-8-22)20-18(24)19-16(3)14-23-11-9-21(4)10-12-23/h16-17H,1,5-14H2,2-4H3,(H2,19,20,24). The van der Waals surface area contributed by atoms with Crippen LogP contribution in [0, 0.1) is 0 Å². The van der Waals surface area contributed by atoms with Crippen molar-refractivity contribution < 1.29 is 4.79 Å². The van der Waals surface area contributed by atoms with E-state index in [4.69, 9.17) is 0 Å². The van der Waals surface area contributed by atoms with E-state index in [0.717, 1.165) is 65.2 Å². The van der Waals surface area contributed by atoms with Gasteiger partial charge in [0.2, 0.25) is 0 Å². The van der Waals surface area contributed by atoms with E-state index >= 15 is 0 Å². The highest BCUT2D eigenvalue weighted by Gasteiger charge is 2.22. The lowest BCUT2D eigenvalue weighted by Gasteiger charge is -2.34. The Morgan fingerprint density at radius 2 is 1.75 bits per heavy atom. The third-order valence-electron chi connectivity index (χ3n) is 4.92. The molecule has 0 saturated carbocycles. The molecule has 2 aliphatic heterocycles. The zero-order valence-corrected chi connectivity index (χ0v) is 15.7. The second-order valence-corrected chi connectivity index (χ2v) is 7.63. The first-order chi connectivity index (χ1) is 11.4. The van der Waals surface area contributed by atoms with Crippen LogP contribution in [0.2, 0.25) is 0 Å². The van der Waals surface area contributed by atoms with Crippen LogP contribution in [0.15, 0.2) is 12.2 Å². The molecule has 0 bridgehead atoms. The predicted molar refractivity (Wildman–Crippen MR) is 99.3 cm³/mol. The first-order valence-corrected chi connectivity index (χ1v) is 9.27. The predicted octanol–water partition coefficient (Wildman–Crippen LogP) is 0.962. The number of piperidine rings is 1. The molecule has 2 aliphatic rings. The second kappa shape index (κ2) is 9.39. The van der Waals surface area contributed by atoms with Crippen LogP contribution in [0.4, 0.5) is 4.79 Å². The Morgan fingerprint density at radius 1 is 1.12 bits per heavy atom. The molecule has 2 N–H and O–H groups in total. The summed E-state index contributed by atoms with van der Waals surface area (Å²) in [6.45, 7) is 16.5. The minimum Gasteiger partial charge on any atom is -0.335 e. The summed E-state index contributed by atoms with van der Waals surface area (Å²) in [5, 5.41) is 6.24. The molecule has 2 rings (SSSR count). The van der Waals surface area contributed by atoms with Crippen molar-refractivity contribution in [3.63, 3.8) is 0 Å². The van der Waals surface area contributed by atoms with Crippen LogP contribution >= 0.6 is 0 Å². The fourth-order valence-corrected chi connectivity index (χ4v) is 3.53. The monoisotopic (exact) mass is 337 g/mol. The maximum absolute atomic E-state index is 12.2. The molecule has 2 saturated heterocycles. The van der Waals surface area contributed by atoms with Crippen LogP contribution in [-0.2, 0) is 0 Å². The molecule has 24 heavy (non-hydrogen) atoms. The molecule has 0 spiro atoms. The fraction of sp³-hybridized carbons (Fsp3) is 0.833. The molecular weight excluding hydrogens is 302 g/mol. The quantitative estimate of drug-likeness (QED) is 0.709. The second-order valence-electron chi connectivity index (χ2n) is 7.63. The van der Waals surface area contributed by atoms with Gasteiger partial charge in [-0.15, -0.1) is 0 Å². The van der Waals surface area contributed by atoms with Gasteiger partial charge in [0.05, 0.1) is 0 Å². The summed E-state index contributed by atoms with van der Waals surface area (Å²) in [5.74, 6) is 0. The van der Waals surface area contributed by atoms with Crippen molar-refractivity contribution in [2.24, 2.45) is 0 Å². The molecule has 6 heteroatoms. The maximum atomic E-state index is 12.2. The van der Waals surface area contributed by atoms with Gasteiger partial charge < -0.3 is 15.5 Å². The molecule has 0 aromatic carbocycles. The van der Waals surface area contributed by atoms with Gasteiger partial charge in [-0.05, 0) is 33.7 Å². The maximum Gasteiger partial charge on any atom is 0.315 e. The van der Waals surface area contributed by atoms with E-state index in [9.17, 15) is 4.79 Å². The van der Waals surface area contributed by atoms with Crippen molar-refractivity contribution in [2.75, 3.05) is 59.4 Å². The first kappa shape index (κ1) is 19.2. The van der Waals surface area contributed by atoms with Crippen LogP contribution in [0.25, 0.3) is 0 Å². The SMILES string of the molecule is C=C(C)CN1CCC(NC(=O)NC(C)CN2CCN(C)CC2)CC1. The number of nitrogens with zero attached hydrogens (tertiary/aromatic N) is 3. The van der Waals surface area contributed by atoms with E-state index in [0.29, 0.717) is 6.04 Å². The normalized spacial score (nSPS) is 23.0. The van der Waals surface area contributed by atoms with Crippen molar-refractivity contribution in [2.45, 2.75) is 38.8 Å². The Balaban J connectivity index is 1.61. The lowest BCUT2D eigenvalue weighted by atomic mass is 10.0. The molecule has 0 aromatic heterocycles. The number of urea groups is 1. The van der Waals surface area contributed by atoms with Gasteiger partial charge in [0, 0.05) is 64.4 Å². The highest BCUT2D eigenvalue weighted by Crippen LogP contribution is 2.11. The summed E-state index contributed by atoms with van der Waals surface area (Å²) in [5.41, 5.74) is 1.21. The van der Waals surface area contributed by atoms with Crippen LogP contribution in [0.5, 0.6) is 0 Å². The van der Waals surface area contributed by atoms with Gasteiger partial charge in [0.1, 0.15) is 0 Å². The van der Waals surface area contributed by atoms with Crippen LogP contribution in [-0.4, -0.2) is 92.2 Å². The summed E-state index contributed by atoms with van der Waals surface area (Å²) in [6.07, 6.45) is 2.04. The Hall–Kier alpha value is -1.11. The van der Waals surface area contributed by atoms with Gasteiger partial charge in [-0.1, -0.05) is 12.2 Å². The summed E-state index contributed by atoms with van der Waals surface area (Å²) in [7, 11) is 2.16. The van der Waals surface area contributed by atoms with E-state index in [1.165, 1.54) is 5.57 Å². The minimum absolute atomic E-state index is 0.0185. The van der Waals surface area contributed by atoms with E-state index < -0.39 is 0 Å². The van der Waals surface area contributed by atoms with E-state index in [1.54, 1.807) is 0 Å². The Labute approximate surface area is 147 Å². The molecule has 2 amide bonds. The Kier molecular flexibility index (Phi) is 7.52. The number of likely N-dealkylation sites (tertiary alicyclic amines) is 1. The van der Waals surface area contributed by atoms with Gasteiger partial charge in [0.25, 0.3) is 0 Å². The molecule has 138 valence electrons. The zero-order valence-electron chi connectivity index (χ0n) is 15.7. The molecule has 0 aliphatic carbocycles. The number of carbonyl (C=O) groups is 1. The smallest absolute Gasteiger partial charge is 0.315 e. The fourth-order valence-electron chi connectivity index (χ4n) is 3.53. The molecular formula is C18H35N5O. The van der Waals surface area contributed by atoms with Crippen molar-refractivity contribution in [3.05, 3.63) is 12.2 Å². The molecule has 1 unspecified atom stereocenters. The third kappa shape index (κ3) is 6.79. The van der Waals surface area contributed by atoms with Crippen molar-refractivity contribution in [1.29, 1.82) is 0 Å². The molecule has 2 fully saturated rings. The number of rotatable bonds is 6. The van der Waals surface area contributed by atoms with E-state index in [-0.39, 0.29) is 12.1 Å². The van der Waals surface area contributed by atoms with Gasteiger partial charge in [-0.2, -0.15) is 0 Å². The highest BCUT2D eigenvalue weighted by atomic mass is 16.2. The number of nitrogens with one attached hydrogen (secondary N) is 2. The van der Waals surface area contributed by atoms with Crippen molar-refractivity contribution in [3.8, 4) is 0 Å². The Morgan fingerprint density at radius 3 is 2.33 bits per heavy atom. The largest absolute Gasteiger partial charge is 0.335 e. The van der Waals surface area contributed by atoms with Gasteiger partial charge >= 0.3 is 6.03 Å². The molecule has 6 nitrogen and oxygen atoms in total. The number of amides is 2. The molecule has 0 aromatic rings. The summed E-state index contributed by atoms with van der Waals surface area (Å²) in [4.78, 5) is 19.4. The number of likely N-dealkylation sites (N-methyl/N-ethyl adjacent to an activating group) is 1. The molecule has 1 atom stereocenters. The number of carbonyl (C=O) groups excluding carboxylic acids is 1. The molecule has 2 heterocycles. The molecule has 0 radical (unpaired) electrons. The third-order valence-corrected chi connectivity index (χ3v) is 4.92. The van der Waals surface area contributed by atoms with E-state index in [2.05, 4.69) is 52.8 Å². The van der Waals surface area contributed by atoms with Gasteiger partial charge in [-0.25, -0.2) is 4.79 Å².